The van der Waals surface area contributed by atoms with Gasteiger partial charge < -0.3 is 14.5 Å². The highest BCUT2D eigenvalue weighted by Crippen LogP contribution is 2.19. The van der Waals surface area contributed by atoms with Crippen LogP contribution in [0.5, 0.6) is 5.75 Å². The molecule has 1 unspecified atom stereocenters. The summed E-state index contributed by atoms with van der Waals surface area (Å²) in [5, 5.41) is 0. The van der Waals surface area contributed by atoms with Gasteiger partial charge in [0, 0.05) is 58.4 Å². The Morgan fingerprint density at radius 1 is 1.35 bits per heavy atom. The summed E-state index contributed by atoms with van der Waals surface area (Å²) in [6.07, 6.45) is 0. The molecule has 1 aromatic rings. The maximum Gasteiger partial charge on any atom is 0.227 e. The number of halogens is 1. The molecular formula is C17H26FN3O2. The molecule has 1 heterocycles. The van der Waals surface area contributed by atoms with E-state index >= 15 is 0 Å². The fourth-order valence-corrected chi connectivity index (χ4v) is 2.93. The van der Waals surface area contributed by atoms with Crippen LogP contribution in [-0.4, -0.2) is 75.0 Å². The number of carbonyl (C=O) groups excluding carboxylic acids is 1. The molecule has 0 aliphatic carbocycles. The number of ether oxygens (including phenoxy) is 1. The summed E-state index contributed by atoms with van der Waals surface area (Å²) in [4.78, 5) is 18.3. The molecule has 1 aromatic carbocycles. The molecule has 1 amide bonds. The zero-order chi connectivity index (χ0) is 17.0. The first-order chi connectivity index (χ1) is 10.9. The lowest BCUT2D eigenvalue weighted by molar-refractivity contribution is -0.133. The highest BCUT2D eigenvalue weighted by Gasteiger charge is 2.27. The second-order valence-electron chi connectivity index (χ2n) is 6.38. The molecule has 0 aromatic heterocycles. The lowest BCUT2D eigenvalue weighted by Gasteiger charge is -2.25. The molecule has 1 aliphatic heterocycles. The molecule has 1 aliphatic rings. The van der Waals surface area contributed by atoms with Crippen LogP contribution in [0.4, 0.5) is 4.39 Å². The molecular weight excluding hydrogens is 297 g/mol. The van der Waals surface area contributed by atoms with E-state index in [-0.39, 0.29) is 17.6 Å². The Balaban J connectivity index is 2.10. The summed E-state index contributed by atoms with van der Waals surface area (Å²) in [5.74, 6) is 0.290. The van der Waals surface area contributed by atoms with Crippen LogP contribution in [0.1, 0.15) is 5.56 Å². The highest BCUT2D eigenvalue weighted by molar-refractivity contribution is 5.78. The smallest absolute Gasteiger partial charge is 0.227 e. The molecule has 128 valence electrons. The fourth-order valence-electron chi connectivity index (χ4n) is 2.93. The van der Waals surface area contributed by atoms with Gasteiger partial charge in [-0.15, -0.1) is 0 Å². The van der Waals surface area contributed by atoms with E-state index in [0.717, 1.165) is 19.6 Å². The van der Waals surface area contributed by atoms with Crippen LogP contribution < -0.4 is 4.74 Å². The van der Waals surface area contributed by atoms with Gasteiger partial charge in [0.25, 0.3) is 0 Å². The Morgan fingerprint density at radius 2 is 2.09 bits per heavy atom. The van der Waals surface area contributed by atoms with E-state index in [1.54, 1.807) is 31.1 Å². The molecule has 0 bridgehead atoms. The van der Waals surface area contributed by atoms with Crippen LogP contribution in [0.3, 0.4) is 0 Å². The number of hydrogen-bond acceptors (Lipinski definition) is 4. The van der Waals surface area contributed by atoms with Crippen molar-refractivity contribution >= 4 is 5.91 Å². The number of likely N-dealkylation sites (N-methyl/N-ethyl adjacent to an activating group) is 1. The van der Waals surface area contributed by atoms with E-state index in [1.807, 2.05) is 7.05 Å². The molecule has 23 heavy (non-hydrogen) atoms. The number of hydrogen-bond donors (Lipinski definition) is 0. The monoisotopic (exact) mass is 323 g/mol. The standard InChI is InChI=1S/C17H26FN3O2/c1-19(2)17(22)14-10-20(3)7-8-21(12-14)11-13-5-6-15(23-4)9-16(13)18/h5-6,9,14H,7-8,10-12H2,1-4H3. The quantitative estimate of drug-likeness (QED) is 0.836. The third kappa shape index (κ3) is 4.65. The number of benzene rings is 1. The van der Waals surface area contributed by atoms with Crippen LogP contribution in [0.15, 0.2) is 18.2 Å². The van der Waals surface area contributed by atoms with Crippen molar-refractivity contribution in [3.63, 3.8) is 0 Å². The Bertz CT molecular complexity index is 551. The van der Waals surface area contributed by atoms with E-state index in [4.69, 9.17) is 4.74 Å². The zero-order valence-electron chi connectivity index (χ0n) is 14.4. The topological polar surface area (TPSA) is 36.0 Å². The molecule has 2 rings (SSSR count). The molecule has 6 heteroatoms. The first-order valence-corrected chi connectivity index (χ1v) is 7.85. The van der Waals surface area contributed by atoms with Crippen molar-refractivity contribution in [2.45, 2.75) is 6.54 Å². The highest BCUT2D eigenvalue weighted by atomic mass is 19.1. The zero-order valence-corrected chi connectivity index (χ0v) is 14.4. The van der Waals surface area contributed by atoms with Crippen molar-refractivity contribution in [2.24, 2.45) is 5.92 Å². The summed E-state index contributed by atoms with van der Waals surface area (Å²) in [6.45, 7) is 3.57. The SMILES string of the molecule is COc1ccc(CN2CCN(C)CC(C(=O)N(C)C)C2)c(F)c1. The molecule has 0 saturated carbocycles. The van der Waals surface area contributed by atoms with Gasteiger partial charge in [0.15, 0.2) is 0 Å². The van der Waals surface area contributed by atoms with Gasteiger partial charge in [-0.2, -0.15) is 0 Å². The van der Waals surface area contributed by atoms with Crippen LogP contribution >= 0.6 is 0 Å². The third-order valence-corrected chi connectivity index (χ3v) is 4.25. The predicted octanol–water partition coefficient (Wildman–Crippen LogP) is 1.29. The van der Waals surface area contributed by atoms with Crippen molar-refractivity contribution in [2.75, 3.05) is 54.4 Å². The Morgan fingerprint density at radius 3 is 2.70 bits per heavy atom. The maximum absolute atomic E-state index is 14.2. The van der Waals surface area contributed by atoms with Gasteiger partial charge in [-0.25, -0.2) is 4.39 Å². The summed E-state index contributed by atoms with van der Waals surface area (Å²) >= 11 is 0. The number of nitrogens with zero attached hydrogens (tertiary/aromatic N) is 3. The molecule has 0 spiro atoms. The molecule has 1 fully saturated rings. The average molecular weight is 323 g/mol. The Labute approximate surface area is 137 Å². The Kier molecular flexibility index (Phi) is 5.96. The van der Waals surface area contributed by atoms with Crippen molar-refractivity contribution in [1.82, 2.24) is 14.7 Å². The van der Waals surface area contributed by atoms with Crippen LogP contribution in [-0.2, 0) is 11.3 Å². The minimum Gasteiger partial charge on any atom is -0.497 e. The van der Waals surface area contributed by atoms with E-state index in [0.29, 0.717) is 24.4 Å². The molecule has 1 saturated heterocycles. The van der Waals surface area contributed by atoms with Gasteiger partial charge in [-0.3, -0.25) is 9.69 Å². The minimum absolute atomic E-state index is 0.0844. The summed E-state index contributed by atoms with van der Waals surface area (Å²) in [7, 11) is 7.10. The van der Waals surface area contributed by atoms with Crippen LogP contribution in [0.25, 0.3) is 0 Å². The van der Waals surface area contributed by atoms with Crippen molar-refractivity contribution < 1.29 is 13.9 Å². The fraction of sp³-hybridized carbons (Fsp3) is 0.588. The first-order valence-electron chi connectivity index (χ1n) is 7.85. The number of amides is 1. The lowest BCUT2D eigenvalue weighted by Crippen LogP contribution is -2.40. The predicted molar refractivity (Wildman–Crippen MR) is 87.9 cm³/mol. The maximum atomic E-state index is 14.2. The third-order valence-electron chi connectivity index (χ3n) is 4.25. The number of carbonyl (C=O) groups is 1. The van der Waals surface area contributed by atoms with Gasteiger partial charge in [0.1, 0.15) is 11.6 Å². The van der Waals surface area contributed by atoms with Gasteiger partial charge in [-0.05, 0) is 13.1 Å². The average Bonchev–Trinajstić information content (AvgIpc) is 2.70. The summed E-state index contributed by atoms with van der Waals surface area (Å²) < 4.78 is 19.2. The van der Waals surface area contributed by atoms with Gasteiger partial charge in [0.05, 0.1) is 13.0 Å². The van der Waals surface area contributed by atoms with Crippen molar-refractivity contribution in [3.05, 3.63) is 29.6 Å². The Hall–Kier alpha value is -1.66. The lowest BCUT2D eigenvalue weighted by atomic mass is 10.1. The normalized spacial score (nSPS) is 20.1. The van der Waals surface area contributed by atoms with Crippen molar-refractivity contribution in [3.8, 4) is 5.75 Å². The van der Waals surface area contributed by atoms with Crippen LogP contribution in [0, 0.1) is 11.7 Å². The summed E-state index contributed by atoms with van der Waals surface area (Å²) in [5.41, 5.74) is 0.631. The van der Waals surface area contributed by atoms with Gasteiger partial charge in [-0.1, -0.05) is 6.07 Å². The number of methoxy groups -OCH3 is 1. The van der Waals surface area contributed by atoms with Gasteiger partial charge >= 0.3 is 0 Å². The number of rotatable bonds is 4. The first kappa shape index (κ1) is 17.7. The van der Waals surface area contributed by atoms with E-state index in [9.17, 15) is 9.18 Å². The molecule has 0 radical (unpaired) electrons. The molecule has 5 nitrogen and oxygen atoms in total. The van der Waals surface area contributed by atoms with E-state index in [1.165, 1.54) is 13.2 Å². The van der Waals surface area contributed by atoms with Crippen LogP contribution in [0.2, 0.25) is 0 Å². The summed E-state index contributed by atoms with van der Waals surface area (Å²) in [6, 6.07) is 4.93. The van der Waals surface area contributed by atoms with E-state index < -0.39 is 0 Å². The van der Waals surface area contributed by atoms with Crippen molar-refractivity contribution in [1.29, 1.82) is 0 Å². The molecule has 0 N–H and O–H groups in total. The largest absolute Gasteiger partial charge is 0.497 e. The van der Waals surface area contributed by atoms with E-state index in [2.05, 4.69) is 9.80 Å². The second kappa shape index (κ2) is 7.75. The second-order valence-corrected chi connectivity index (χ2v) is 6.38. The van der Waals surface area contributed by atoms with Gasteiger partial charge in [0.2, 0.25) is 5.91 Å². The molecule has 1 atom stereocenters. The minimum atomic E-state index is -0.266.